The molecule has 4 nitrogen and oxygen atoms in total. The maximum atomic E-state index is 8.73. The molecule has 0 aliphatic heterocycles. The third-order valence-electron chi connectivity index (χ3n) is 2.28. The van der Waals surface area contributed by atoms with Gasteiger partial charge in [-0.05, 0) is 25.8 Å². The molecule has 0 aromatic carbocycles. The van der Waals surface area contributed by atoms with Gasteiger partial charge in [0.2, 0.25) is 0 Å². The molecule has 0 saturated heterocycles. The molecule has 0 heterocycles. The third-order valence-corrected chi connectivity index (χ3v) is 2.28. The summed E-state index contributed by atoms with van der Waals surface area (Å²) in [4.78, 5) is 0. The van der Waals surface area contributed by atoms with Crippen molar-refractivity contribution in [2.75, 3.05) is 27.4 Å². The maximum Gasteiger partial charge on any atom is 0.171 e. The Morgan fingerprint density at radius 1 is 1.21 bits per heavy atom. The van der Waals surface area contributed by atoms with Crippen molar-refractivity contribution in [3.63, 3.8) is 0 Å². The van der Waals surface area contributed by atoms with Crippen LogP contribution in [0.4, 0.5) is 0 Å². The van der Waals surface area contributed by atoms with Gasteiger partial charge in [-0.25, -0.2) is 0 Å². The number of rotatable bonds is 8. The average Bonchev–Trinajstić information content (AvgIpc) is 2.17. The van der Waals surface area contributed by atoms with Gasteiger partial charge in [-0.1, -0.05) is 6.92 Å². The molecule has 2 N–H and O–H groups in total. The topological polar surface area (TPSA) is 50.7 Å². The fourth-order valence-electron chi connectivity index (χ4n) is 1.31. The number of ether oxygens (including phenoxy) is 2. The monoisotopic (exact) mass is 205 g/mol. The summed E-state index contributed by atoms with van der Waals surface area (Å²) < 4.78 is 10.2. The van der Waals surface area contributed by atoms with Gasteiger partial charge in [-0.2, -0.15) is 0 Å². The Morgan fingerprint density at radius 3 is 2.21 bits per heavy atom. The van der Waals surface area contributed by atoms with Crippen LogP contribution in [-0.2, 0) is 9.47 Å². The van der Waals surface area contributed by atoms with Crippen LogP contribution in [0.3, 0.4) is 0 Å². The maximum absolute atomic E-state index is 8.73. The highest BCUT2D eigenvalue weighted by atomic mass is 16.7. The molecule has 86 valence electrons. The molecular formula is C10H23NO3. The van der Waals surface area contributed by atoms with E-state index >= 15 is 0 Å². The van der Waals surface area contributed by atoms with Crippen LogP contribution in [0.2, 0.25) is 0 Å². The van der Waals surface area contributed by atoms with Crippen molar-refractivity contribution in [1.29, 1.82) is 0 Å². The van der Waals surface area contributed by atoms with Gasteiger partial charge in [0.05, 0.1) is 6.04 Å². The van der Waals surface area contributed by atoms with Gasteiger partial charge in [-0.15, -0.1) is 0 Å². The number of methoxy groups -OCH3 is 2. The molecule has 0 aromatic heterocycles. The van der Waals surface area contributed by atoms with Gasteiger partial charge >= 0.3 is 0 Å². The Kier molecular flexibility index (Phi) is 8.08. The van der Waals surface area contributed by atoms with E-state index in [1.54, 1.807) is 14.2 Å². The largest absolute Gasteiger partial charge is 0.396 e. The summed E-state index contributed by atoms with van der Waals surface area (Å²) in [5.41, 5.74) is 0. The Hall–Kier alpha value is -0.160. The van der Waals surface area contributed by atoms with Crippen LogP contribution >= 0.6 is 0 Å². The summed E-state index contributed by atoms with van der Waals surface area (Å²) in [6.07, 6.45) is 0.612. The van der Waals surface area contributed by atoms with Crippen LogP contribution in [0.15, 0.2) is 0 Å². The molecule has 0 fully saturated rings. The zero-order valence-electron chi connectivity index (χ0n) is 9.62. The minimum atomic E-state index is -0.212. The molecule has 0 amide bonds. The van der Waals surface area contributed by atoms with E-state index in [-0.39, 0.29) is 18.9 Å². The molecule has 2 atom stereocenters. The van der Waals surface area contributed by atoms with Gasteiger partial charge < -0.3 is 19.9 Å². The van der Waals surface area contributed by atoms with Crippen molar-refractivity contribution < 1.29 is 14.6 Å². The average molecular weight is 205 g/mol. The number of hydrogen-bond acceptors (Lipinski definition) is 4. The second kappa shape index (κ2) is 8.17. The second-order valence-electron chi connectivity index (χ2n) is 3.65. The number of aliphatic hydroxyl groups excluding tert-OH is 1. The quantitative estimate of drug-likeness (QED) is 0.570. The predicted molar refractivity (Wildman–Crippen MR) is 56.1 cm³/mol. The molecular weight excluding hydrogens is 182 g/mol. The van der Waals surface area contributed by atoms with Crippen LogP contribution in [0.5, 0.6) is 0 Å². The second-order valence-corrected chi connectivity index (χ2v) is 3.65. The van der Waals surface area contributed by atoms with E-state index in [9.17, 15) is 0 Å². The Bertz CT molecular complexity index is 129. The molecule has 0 spiro atoms. The summed E-state index contributed by atoms with van der Waals surface area (Å²) in [6, 6.07) is 0.158. The smallest absolute Gasteiger partial charge is 0.171 e. The molecule has 0 aliphatic carbocycles. The van der Waals surface area contributed by atoms with Crippen molar-refractivity contribution in [3.8, 4) is 0 Å². The van der Waals surface area contributed by atoms with Gasteiger partial charge in [0.15, 0.2) is 6.29 Å². The van der Waals surface area contributed by atoms with E-state index in [1.165, 1.54) is 0 Å². The summed E-state index contributed by atoms with van der Waals surface area (Å²) >= 11 is 0. The van der Waals surface area contributed by atoms with Crippen LogP contribution in [0, 0.1) is 5.92 Å². The van der Waals surface area contributed by atoms with E-state index < -0.39 is 0 Å². The number of aliphatic hydroxyl groups is 1. The molecule has 2 unspecified atom stereocenters. The normalized spacial score (nSPS) is 15.9. The fourth-order valence-corrected chi connectivity index (χ4v) is 1.31. The lowest BCUT2D eigenvalue weighted by molar-refractivity contribution is -0.119. The van der Waals surface area contributed by atoms with E-state index in [2.05, 4.69) is 12.2 Å². The van der Waals surface area contributed by atoms with E-state index in [1.807, 2.05) is 6.92 Å². The molecule has 14 heavy (non-hydrogen) atoms. The van der Waals surface area contributed by atoms with Gasteiger partial charge in [0.1, 0.15) is 0 Å². The first-order valence-electron chi connectivity index (χ1n) is 5.05. The summed E-state index contributed by atoms with van der Waals surface area (Å²) in [7, 11) is 3.26. The molecule has 0 saturated carbocycles. The summed E-state index contributed by atoms with van der Waals surface area (Å²) in [6.45, 7) is 5.23. The van der Waals surface area contributed by atoms with E-state index in [0.717, 1.165) is 13.0 Å². The van der Waals surface area contributed by atoms with Gasteiger partial charge in [0.25, 0.3) is 0 Å². The van der Waals surface area contributed by atoms with Gasteiger partial charge in [0, 0.05) is 20.8 Å². The Labute approximate surface area is 86.6 Å². The predicted octanol–water partition coefficient (Wildman–Crippen LogP) is 0.602. The summed E-state index contributed by atoms with van der Waals surface area (Å²) in [5, 5.41) is 12.0. The highest BCUT2D eigenvalue weighted by Crippen LogP contribution is 2.02. The minimum Gasteiger partial charge on any atom is -0.396 e. The van der Waals surface area contributed by atoms with Crippen molar-refractivity contribution in [2.24, 2.45) is 5.92 Å². The lowest BCUT2D eigenvalue weighted by atomic mass is 10.1. The van der Waals surface area contributed by atoms with Crippen LogP contribution < -0.4 is 5.32 Å². The number of nitrogens with one attached hydrogen (secondary N) is 1. The minimum absolute atomic E-state index is 0.158. The molecule has 4 heteroatoms. The molecule has 0 aromatic rings. The van der Waals surface area contributed by atoms with Crippen molar-refractivity contribution in [2.45, 2.75) is 32.6 Å². The van der Waals surface area contributed by atoms with Crippen LogP contribution in [0.25, 0.3) is 0 Å². The number of hydrogen-bond donors (Lipinski definition) is 2. The van der Waals surface area contributed by atoms with E-state index in [0.29, 0.717) is 5.92 Å². The van der Waals surface area contributed by atoms with Crippen LogP contribution in [-0.4, -0.2) is 44.8 Å². The zero-order chi connectivity index (χ0) is 11.0. The third kappa shape index (κ3) is 5.54. The first-order chi connectivity index (χ1) is 6.65. The van der Waals surface area contributed by atoms with Crippen LogP contribution in [0.1, 0.15) is 20.3 Å². The molecule has 0 rings (SSSR count). The molecule has 0 aliphatic rings. The first-order valence-corrected chi connectivity index (χ1v) is 5.05. The molecule has 0 radical (unpaired) electrons. The van der Waals surface area contributed by atoms with Gasteiger partial charge in [-0.3, -0.25) is 0 Å². The highest BCUT2D eigenvalue weighted by molar-refractivity contribution is 4.66. The fraction of sp³-hybridized carbons (Fsp3) is 1.00. The lowest BCUT2D eigenvalue weighted by Gasteiger charge is -2.23. The Morgan fingerprint density at radius 2 is 1.79 bits per heavy atom. The van der Waals surface area contributed by atoms with Crippen molar-refractivity contribution >= 4 is 0 Å². The lowest BCUT2D eigenvalue weighted by Crippen LogP contribution is -2.41. The first kappa shape index (κ1) is 13.8. The SMILES string of the molecule is COC(OC)C(C)NCC(C)CCO. The van der Waals surface area contributed by atoms with E-state index in [4.69, 9.17) is 14.6 Å². The standard InChI is InChI=1S/C10H23NO3/c1-8(5-6-12)7-11-9(2)10(13-3)14-4/h8-12H,5-7H2,1-4H3. The highest BCUT2D eigenvalue weighted by Gasteiger charge is 2.15. The molecule has 0 bridgehead atoms. The zero-order valence-corrected chi connectivity index (χ0v) is 9.62. The Balaban J connectivity index is 3.65. The van der Waals surface area contributed by atoms with Crippen molar-refractivity contribution in [3.05, 3.63) is 0 Å². The van der Waals surface area contributed by atoms with Crippen molar-refractivity contribution in [1.82, 2.24) is 5.32 Å². The summed E-state index contributed by atoms with van der Waals surface area (Å²) in [5.74, 6) is 0.469.